The van der Waals surface area contributed by atoms with Crippen LogP contribution in [-0.4, -0.2) is 95.0 Å². The molecule has 0 aliphatic heterocycles. The van der Waals surface area contributed by atoms with Crippen LogP contribution in [0.15, 0.2) is 72.8 Å². The SMILES string of the molecule is C=C(C)C(=O)NC(C)(C)C(=O)NCCOc1ccc(C(=O)C(C)(O)C/C=C\C(=O)NCC(=O)NCCOc2ccc(C(=O)C(C)(C)O)cc2)cc1. The third-order valence-electron chi connectivity index (χ3n) is 7.22. The highest BCUT2D eigenvalue weighted by atomic mass is 16.5. The summed E-state index contributed by atoms with van der Waals surface area (Å²) in [5.41, 5.74) is -3.61. The van der Waals surface area contributed by atoms with E-state index in [1.165, 1.54) is 51.1 Å². The van der Waals surface area contributed by atoms with Gasteiger partial charge in [-0.1, -0.05) is 12.7 Å². The molecule has 2 aromatic carbocycles. The van der Waals surface area contributed by atoms with Gasteiger partial charge >= 0.3 is 0 Å². The van der Waals surface area contributed by atoms with Crippen molar-refractivity contribution in [2.24, 2.45) is 0 Å². The van der Waals surface area contributed by atoms with E-state index < -0.39 is 51.9 Å². The topological polar surface area (TPSA) is 209 Å². The number of carbonyl (C=O) groups is 6. The molecule has 2 rings (SSSR count). The lowest BCUT2D eigenvalue weighted by molar-refractivity contribution is -0.131. The lowest BCUT2D eigenvalue weighted by Gasteiger charge is -2.25. The van der Waals surface area contributed by atoms with Gasteiger partial charge in [0.25, 0.3) is 0 Å². The summed E-state index contributed by atoms with van der Waals surface area (Å²) in [6.45, 7) is 12.6. The van der Waals surface area contributed by atoms with Gasteiger partial charge in [0.15, 0.2) is 11.6 Å². The fourth-order valence-corrected chi connectivity index (χ4v) is 4.21. The predicted octanol–water partition coefficient (Wildman–Crippen LogP) is 1.80. The van der Waals surface area contributed by atoms with Crippen LogP contribution in [-0.2, 0) is 19.2 Å². The minimum Gasteiger partial charge on any atom is -0.492 e. The first kappa shape index (κ1) is 41.8. The first-order valence-electron chi connectivity index (χ1n) is 16.2. The third kappa shape index (κ3) is 14.2. The van der Waals surface area contributed by atoms with Crippen LogP contribution in [0.5, 0.6) is 11.5 Å². The molecule has 4 amide bonds. The van der Waals surface area contributed by atoms with E-state index in [9.17, 15) is 39.0 Å². The highest BCUT2D eigenvalue weighted by Gasteiger charge is 2.31. The lowest BCUT2D eigenvalue weighted by atomic mass is 9.91. The Balaban J connectivity index is 1.69. The van der Waals surface area contributed by atoms with Gasteiger partial charge in [-0.2, -0.15) is 0 Å². The molecular weight excluding hydrogens is 660 g/mol. The van der Waals surface area contributed by atoms with Crippen molar-refractivity contribution in [1.82, 2.24) is 21.3 Å². The van der Waals surface area contributed by atoms with E-state index in [4.69, 9.17) is 9.47 Å². The molecule has 6 N–H and O–H groups in total. The second-order valence-corrected chi connectivity index (χ2v) is 13.0. The number of rotatable bonds is 20. The van der Waals surface area contributed by atoms with Crippen LogP contribution in [0.3, 0.4) is 0 Å². The molecule has 14 nitrogen and oxygen atoms in total. The van der Waals surface area contributed by atoms with E-state index in [1.54, 1.807) is 45.0 Å². The second-order valence-electron chi connectivity index (χ2n) is 13.0. The van der Waals surface area contributed by atoms with Gasteiger partial charge in [-0.15, -0.1) is 0 Å². The summed E-state index contributed by atoms with van der Waals surface area (Å²) in [7, 11) is 0. The molecule has 0 saturated heterocycles. The number of ketones is 2. The van der Waals surface area contributed by atoms with Crippen molar-refractivity contribution in [3.8, 4) is 11.5 Å². The van der Waals surface area contributed by atoms with Gasteiger partial charge in [-0.25, -0.2) is 0 Å². The van der Waals surface area contributed by atoms with Crippen LogP contribution < -0.4 is 30.7 Å². The molecule has 0 aromatic heterocycles. The number of hydrogen-bond donors (Lipinski definition) is 6. The van der Waals surface area contributed by atoms with Crippen LogP contribution >= 0.6 is 0 Å². The highest BCUT2D eigenvalue weighted by Crippen LogP contribution is 2.21. The maximum Gasteiger partial charge on any atom is 0.247 e. The van der Waals surface area contributed by atoms with Crippen LogP contribution in [0.2, 0.25) is 0 Å². The first-order chi connectivity index (χ1) is 23.7. The predicted molar refractivity (Wildman–Crippen MR) is 189 cm³/mol. The number of ether oxygens (including phenoxy) is 2. The molecule has 0 aliphatic rings. The molecule has 2 aromatic rings. The summed E-state index contributed by atoms with van der Waals surface area (Å²) >= 11 is 0. The molecule has 276 valence electrons. The van der Waals surface area contributed by atoms with Gasteiger partial charge in [0.1, 0.15) is 41.5 Å². The van der Waals surface area contributed by atoms with Gasteiger partial charge in [-0.3, -0.25) is 28.8 Å². The zero-order valence-electron chi connectivity index (χ0n) is 29.9. The van der Waals surface area contributed by atoms with Crippen molar-refractivity contribution >= 4 is 35.2 Å². The first-order valence-corrected chi connectivity index (χ1v) is 16.2. The van der Waals surface area contributed by atoms with Gasteiger partial charge < -0.3 is 41.0 Å². The van der Waals surface area contributed by atoms with E-state index in [1.807, 2.05) is 0 Å². The molecule has 0 aliphatic carbocycles. The normalized spacial score (nSPS) is 12.6. The Kier molecular flexibility index (Phi) is 15.3. The van der Waals surface area contributed by atoms with E-state index in [0.29, 0.717) is 17.1 Å². The maximum absolute atomic E-state index is 12.9. The molecule has 0 radical (unpaired) electrons. The Labute approximate surface area is 297 Å². The minimum absolute atomic E-state index is 0.121. The standard InChI is InChI=1S/C37H48N4O10/c1-24(2)33(46)41-35(3,4)34(47)39-20-22-51-28-16-12-26(13-17-28)32(45)37(7,49)18-8-9-29(42)40-23-30(43)38-19-21-50-27-14-10-25(11-15-27)31(44)36(5,6)48/h8-17,48-49H,1,18-23H2,2-7H3,(H,38,43)(H,39,47)(H,40,42)(H,41,46)/b9-8-. The average Bonchev–Trinajstić information content (AvgIpc) is 3.06. The smallest absolute Gasteiger partial charge is 0.247 e. The van der Waals surface area contributed by atoms with Crippen molar-refractivity contribution in [3.05, 3.63) is 84.0 Å². The monoisotopic (exact) mass is 708 g/mol. The summed E-state index contributed by atoms with van der Waals surface area (Å²) in [6, 6.07) is 12.3. The van der Waals surface area contributed by atoms with Gasteiger partial charge in [0.05, 0.1) is 19.6 Å². The van der Waals surface area contributed by atoms with Crippen molar-refractivity contribution in [1.29, 1.82) is 0 Å². The molecule has 0 fully saturated rings. The van der Waals surface area contributed by atoms with E-state index in [0.717, 1.165) is 6.08 Å². The van der Waals surface area contributed by atoms with Gasteiger partial charge in [0.2, 0.25) is 23.6 Å². The minimum atomic E-state index is -1.82. The Morgan fingerprint density at radius 3 is 1.73 bits per heavy atom. The molecule has 1 unspecified atom stereocenters. The number of hydrogen-bond acceptors (Lipinski definition) is 10. The molecule has 0 bridgehead atoms. The highest BCUT2D eigenvalue weighted by molar-refractivity contribution is 6.03. The van der Waals surface area contributed by atoms with Gasteiger partial charge in [-0.05, 0) is 96.1 Å². The largest absolute Gasteiger partial charge is 0.492 e. The molecular formula is C37H48N4O10. The molecule has 51 heavy (non-hydrogen) atoms. The van der Waals surface area contributed by atoms with E-state index in [-0.39, 0.29) is 50.4 Å². The number of aliphatic hydroxyl groups is 2. The molecule has 14 heteroatoms. The molecule has 0 saturated carbocycles. The average molecular weight is 709 g/mol. The summed E-state index contributed by atoms with van der Waals surface area (Å²) in [5, 5.41) is 30.9. The fourth-order valence-electron chi connectivity index (χ4n) is 4.21. The number of amides is 4. The quantitative estimate of drug-likeness (QED) is 0.0668. The fraction of sp³-hybridized carbons (Fsp3) is 0.405. The molecule has 0 spiro atoms. The number of carbonyl (C=O) groups excluding carboxylic acids is 6. The van der Waals surface area contributed by atoms with Crippen LogP contribution in [0, 0.1) is 0 Å². The third-order valence-corrected chi connectivity index (χ3v) is 7.22. The summed E-state index contributed by atoms with van der Waals surface area (Å²) < 4.78 is 11.1. The summed E-state index contributed by atoms with van der Waals surface area (Å²) in [6.07, 6.45) is 2.28. The van der Waals surface area contributed by atoms with Gasteiger partial charge in [0, 0.05) is 23.1 Å². The zero-order valence-corrected chi connectivity index (χ0v) is 29.9. The van der Waals surface area contributed by atoms with Crippen molar-refractivity contribution < 1.29 is 48.5 Å². The van der Waals surface area contributed by atoms with Crippen molar-refractivity contribution in [2.45, 2.75) is 64.7 Å². The van der Waals surface area contributed by atoms with Crippen molar-refractivity contribution in [2.75, 3.05) is 32.8 Å². The Morgan fingerprint density at radius 2 is 1.24 bits per heavy atom. The van der Waals surface area contributed by atoms with Crippen LogP contribution in [0.25, 0.3) is 0 Å². The van der Waals surface area contributed by atoms with E-state index >= 15 is 0 Å². The Hall–Kier alpha value is -5.34. The molecule has 0 heterocycles. The number of benzene rings is 2. The molecule has 1 atom stereocenters. The number of nitrogens with one attached hydrogen (secondary N) is 4. The summed E-state index contributed by atoms with van der Waals surface area (Å²) in [4.78, 5) is 73.5. The summed E-state index contributed by atoms with van der Waals surface area (Å²) in [5.74, 6) is -1.98. The zero-order chi connectivity index (χ0) is 38.4. The number of Topliss-reactive ketones (excluding diaryl/α,β-unsaturated/α-hetero) is 2. The maximum atomic E-state index is 12.9. The van der Waals surface area contributed by atoms with Crippen LogP contribution in [0.1, 0.15) is 68.7 Å². The Bertz CT molecular complexity index is 1610. The lowest BCUT2D eigenvalue weighted by Crippen LogP contribution is -2.55. The van der Waals surface area contributed by atoms with Crippen LogP contribution in [0.4, 0.5) is 0 Å². The van der Waals surface area contributed by atoms with Crippen molar-refractivity contribution in [3.63, 3.8) is 0 Å². The Morgan fingerprint density at radius 1 is 0.745 bits per heavy atom. The second kappa shape index (κ2) is 18.6. The van der Waals surface area contributed by atoms with E-state index in [2.05, 4.69) is 27.8 Å².